The van der Waals surface area contributed by atoms with Crippen LogP contribution in [-0.2, 0) is 14.3 Å². The Hall–Kier alpha value is -1.40. The Kier molecular flexibility index (Phi) is 62.9. The number of unbranched alkanes of at least 4 members (excludes halogenated alkanes) is 51. The van der Waals surface area contributed by atoms with Crippen molar-refractivity contribution in [2.24, 2.45) is 0 Å². The summed E-state index contributed by atoms with van der Waals surface area (Å²) in [7, 11) is 0. The van der Waals surface area contributed by atoms with E-state index in [-0.39, 0.29) is 18.5 Å². The van der Waals surface area contributed by atoms with E-state index in [0.29, 0.717) is 25.9 Å². The molecule has 0 bridgehead atoms. The number of nitrogens with one attached hydrogen (secondary N) is 1. The molecule has 0 aromatic carbocycles. The first kappa shape index (κ1) is 72.6. The summed E-state index contributed by atoms with van der Waals surface area (Å²) >= 11 is 0. The van der Waals surface area contributed by atoms with Gasteiger partial charge >= 0.3 is 5.97 Å². The molecule has 6 heteroatoms. The summed E-state index contributed by atoms with van der Waals surface area (Å²) in [6, 6.07) is -0.549. The van der Waals surface area contributed by atoms with Crippen LogP contribution in [0, 0.1) is 0 Å². The number of aliphatic hydroxyl groups is 2. The molecule has 6 nitrogen and oxygen atoms in total. The first-order chi connectivity index (χ1) is 36.5. The van der Waals surface area contributed by atoms with Gasteiger partial charge in [-0.2, -0.15) is 0 Å². The van der Waals surface area contributed by atoms with Gasteiger partial charge in [0.1, 0.15) is 0 Å². The molecule has 74 heavy (non-hydrogen) atoms. The lowest BCUT2D eigenvalue weighted by Crippen LogP contribution is -2.45. The normalized spacial score (nSPS) is 12.5. The molecule has 0 rings (SSSR count). The molecule has 0 saturated heterocycles. The molecule has 0 saturated carbocycles. The van der Waals surface area contributed by atoms with Gasteiger partial charge < -0.3 is 20.3 Å². The van der Waals surface area contributed by atoms with Crippen molar-refractivity contribution in [2.45, 2.75) is 398 Å². The van der Waals surface area contributed by atoms with Gasteiger partial charge in [0.05, 0.1) is 25.4 Å². The zero-order valence-electron chi connectivity index (χ0n) is 50.4. The SMILES string of the molecule is CCCCCCCCCCCCCCCCCCCCCCCCC(O)C(CO)NC(=O)CCCCCCCCC/C=C\CCCCCCCCCCOC(=O)CCCCCCCCCCCCCCCCCC. The number of esters is 1. The maximum absolute atomic E-state index is 12.5. The van der Waals surface area contributed by atoms with Crippen molar-refractivity contribution < 1.29 is 24.5 Å². The molecule has 0 aliphatic rings. The van der Waals surface area contributed by atoms with E-state index in [1.165, 1.54) is 315 Å². The van der Waals surface area contributed by atoms with E-state index in [9.17, 15) is 19.8 Å². The van der Waals surface area contributed by atoms with E-state index in [2.05, 4.69) is 31.3 Å². The second-order valence-corrected chi connectivity index (χ2v) is 23.5. The molecule has 3 N–H and O–H groups in total. The van der Waals surface area contributed by atoms with E-state index in [1.807, 2.05) is 0 Å². The van der Waals surface area contributed by atoms with Crippen molar-refractivity contribution in [3.05, 3.63) is 12.2 Å². The smallest absolute Gasteiger partial charge is 0.305 e. The highest BCUT2D eigenvalue weighted by atomic mass is 16.5. The lowest BCUT2D eigenvalue weighted by Gasteiger charge is -2.22. The number of allylic oxidation sites excluding steroid dienone is 2. The van der Waals surface area contributed by atoms with E-state index in [1.54, 1.807) is 0 Å². The maximum Gasteiger partial charge on any atom is 0.305 e. The Morgan fingerprint density at radius 2 is 0.635 bits per heavy atom. The molecule has 1 amide bonds. The van der Waals surface area contributed by atoms with Crippen LogP contribution < -0.4 is 5.32 Å². The molecular weight excluding hydrogens is 911 g/mol. The number of carbonyl (C=O) groups excluding carboxylic acids is 2. The molecule has 0 aromatic heterocycles. The van der Waals surface area contributed by atoms with Gasteiger partial charge in [-0.25, -0.2) is 0 Å². The maximum atomic E-state index is 12.5. The minimum absolute atomic E-state index is 0.00867. The van der Waals surface area contributed by atoms with Crippen LogP contribution in [0.2, 0.25) is 0 Å². The number of hydrogen-bond donors (Lipinski definition) is 3. The molecule has 440 valence electrons. The average Bonchev–Trinajstić information content (AvgIpc) is 3.40. The third-order valence-corrected chi connectivity index (χ3v) is 16.1. The van der Waals surface area contributed by atoms with E-state index in [0.717, 1.165) is 38.5 Å². The van der Waals surface area contributed by atoms with E-state index >= 15 is 0 Å². The first-order valence-electron chi connectivity index (χ1n) is 33.9. The predicted molar refractivity (Wildman–Crippen MR) is 324 cm³/mol. The quantitative estimate of drug-likeness (QED) is 0.0320. The summed E-state index contributed by atoms with van der Waals surface area (Å²) in [6.45, 7) is 4.98. The summed E-state index contributed by atoms with van der Waals surface area (Å²) < 4.78 is 5.49. The fourth-order valence-corrected chi connectivity index (χ4v) is 10.9. The summed E-state index contributed by atoms with van der Waals surface area (Å²) in [6.07, 6.45) is 78.1. The monoisotopic (exact) mass is 1040 g/mol. The molecule has 2 atom stereocenters. The number of aliphatic hydroxyl groups excluding tert-OH is 2. The molecule has 0 aromatic rings. The Balaban J connectivity index is 3.42. The van der Waals surface area contributed by atoms with Crippen molar-refractivity contribution in [1.29, 1.82) is 0 Å². The largest absolute Gasteiger partial charge is 0.466 e. The van der Waals surface area contributed by atoms with Gasteiger partial charge in [0.15, 0.2) is 0 Å². The molecule has 0 fully saturated rings. The van der Waals surface area contributed by atoms with Crippen LogP contribution in [-0.4, -0.2) is 47.4 Å². The summed E-state index contributed by atoms with van der Waals surface area (Å²) in [5, 5.41) is 23.4. The van der Waals surface area contributed by atoms with Crippen molar-refractivity contribution in [2.75, 3.05) is 13.2 Å². The zero-order chi connectivity index (χ0) is 53.6. The highest BCUT2D eigenvalue weighted by molar-refractivity contribution is 5.76. The number of rotatable bonds is 64. The lowest BCUT2D eigenvalue weighted by molar-refractivity contribution is -0.143. The number of hydrogen-bond acceptors (Lipinski definition) is 5. The standard InChI is InChI=1S/C68H133NO5/c1-3-5-7-9-11-13-15-17-19-21-22-23-24-26-29-32-36-40-44-48-52-56-60-66(71)65(64-70)69-67(72)61-57-53-49-45-41-37-33-30-27-25-28-31-35-39-43-47-51-55-59-63-74-68(73)62-58-54-50-46-42-38-34-20-18-16-14-12-10-8-6-4-2/h25,27,65-66,70-71H,3-24,26,28-64H2,1-2H3,(H,69,72)/b27-25-. The van der Waals surface area contributed by atoms with Crippen LogP contribution in [0.1, 0.15) is 386 Å². The van der Waals surface area contributed by atoms with Crippen molar-refractivity contribution in [3.8, 4) is 0 Å². The van der Waals surface area contributed by atoms with Crippen LogP contribution in [0.5, 0.6) is 0 Å². The molecular formula is C68H133NO5. The minimum Gasteiger partial charge on any atom is -0.466 e. The van der Waals surface area contributed by atoms with Gasteiger partial charge in [0, 0.05) is 12.8 Å². The van der Waals surface area contributed by atoms with Gasteiger partial charge in [0.25, 0.3) is 0 Å². The van der Waals surface area contributed by atoms with Crippen molar-refractivity contribution >= 4 is 11.9 Å². The fraction of sp³-hybridized carbons (Fsp3) is 0.941. The van der Waals surface area contributed by atoms with E-state index < -0.39 is 12.1 Å². The minimum atomic E-state index is -0.671. The summed E-state index contributed by atoms with van der Waals surface area (Å²) in [4.78, 5) is 24.6. The second kappa shape index (κ2) is 64.1. The molecule has 0 aliphatic heterocycles. The lowest BCUT2D eigenvalue weighted by atomic mass is 10.0. The Labute approximate surface area is 463 Å². The van der Waals surface area contributed by atoms with Crippen LogP contribution >= 0.6 is 0 Å². The fourth-order valence-electron chi connectivity index (χ4n) is 10.9. The van der Waals surface area contributed by atoms with Crippen LogP contribution in [0.15, 0.2) is 12.2 Å². The Bertz CT molecular complexity index is 1110. The van der Waals surface area contributed by atoms with Gasteiger partial charge in [-0.05, 0) is 51.4 Å². The third kappa shape index (κ3) is 59.8. The summed E-state index contributed by atoms with van der Waals surface area (Å²) in [5.41, 5.74) is 0. The molecule has 0 heterocycles. The Morgan fingerprint density at radius 1 is 0.365 bits per heavy atom. The molecule has 0 aliphatic carbocycles. The van der Waals surface area contributed by atoms with Gasteiger partial charge in [-0.3, -0.25) is 9.59 Å². The van der Waals surface area contributed by atoms with Crippen LogP contribution in [0.25, 0.3) is 0 Å². The third-order valence-electron chi connectivity index (χ3n) is 16.1. The number of amides is 1. The highest BCUT2D eigenvalue weighted by Crippen LogP contribution is 2.19. The first-order valence-corrected chi connectivity index (χ1v) is 33.9. The molecule has 2 unspecified atom stereocenters. The zero-order valence-corrected chi connectivity index (χ0v) is 50.4. The predicted octanol–water partition coefficient (Wildman–Crippen LogP) is 21.6. The average molecular weight is 1040 g/mol. The molecule has 0 radical (unpaired) electrons. The number of carbonyl (C=O) groups is 2. The number of ether oxygens (including phenoxy) is 1. The van der Waals surface area contributed by atoms with Gasteiger partial charge in [-0.15, -0.1) is 0 Å². The molecule has 0 spiro atoms. The summed E-state index contributed by atoms with van der Waals surface area (Å²) in [5.74, 6) is -0.0312. The van der Waals surface area contributed by atoms with Gasteiger partial charge in [0.2, 0.25) is 5.91 Å². The highest BCUT2D eigenvalue weighted by Gasteiger charge is 2.20. The van der Waals surface area contributed by atoms with Crippen LogP contribution in [0.3, 0.4) is 0 Å². The second-order valence-electron chi connectivity index (χ2n) is 23.5. The van der Waals surface area contributed by atoms with E-state index in [4.69, 9.17) is 4.74 Å². The van der Waals surface area contributed by atoms with Gasteiger partial charge in [-0.1, -0.05) is 334 Å². The van der Waals surface area contributed by atoms with Crippen LogP contribution in [0.4, 0.5) is 0 Å². The van der Waals surface area contributed by atoms with Crippen molar-refractivity contribution in [1.82, 2.24) is 5.32 Å². The topological polar surface area (TPSA) is 95.9 Å². The Morgan fingerprint density at radius 3 is 0.959 bits per heavy atom. The van der Waals surface area contributed by atoms with Crippen molar-refractivity contribution in [3.63, 3.8) is 0 Å².